The summed E-state index contributed by atoms with van der Waals surface area (Å²) >= 11 is 1.68. The summed E-state index contributed by atoms with van der Waals surface area (Å²) in [7, 11) is 1.84. The first-order valence-corrected chi connectivity index (χ1v) is 9.55. The molecule has 0 N–H and O–H groups in total. The maximum atomic E-state index is 12.9. The lowest BCUT2D eigenvalue weighted by Gasteiger charge is -2.27. The largest absolute Gasteiger partial charge is 0.333 e. The Morgan fingerprint density at radius 2 is 1.88 bits per heavy atom. The van der Waals surface area contributed by atoms with Crippen molar-refractivity contribution in [1.82, 2.24) is 14.9 Å². The van der Waals surface area contributed by atoms with Crippen LogP contribution in [0.15, 0.2) is 48.7 Å². The molecule has 1 aromatic carbocycles. The summed E-state index contributed by atoms with van der Waals surface area (Å²) in [5, 5.41) is 1.05. The van der Waals surface area contributed by atoms with E-state index in [9.17, 15) is 4.79 Å². The van der Waals surface area contributed by atoms with E-state index in [1.165, 1.54) is 0 Å². The van der Waals surface area contributed by atoms with Crippen LogP contribution in [0.2, 0.25) is 0 Å². The van der Waals surface area contributed by atoms with Crippen LogP contribution < -0.4 is 0 Å². The van der Waals surface area contributed by atoms with Gasteiger partial charge in [-0.15, -0.1) is 11.3 Å². The zero-order valence-corrected chi connectivity index (χ0v) is 16.4. The van der Waals surface area contributed by atoms with E-state index in [2.05, 4.69) is 16.9 Å². The van der Waals surface area contributed by atoms with Crippen molar-refractivity contribution < 1.29 is 4.79 Å². The van der Waals surface area contributed by atoms with Crippen LogP contribution in [0.3, 0.4) is 0 Å². The molecule has 26 heavy (non-hydrogen) atoms. The fraction of sp³-hybridized carbons (Fsp3) is 0.286. The fourth-order valence-electron chi connectivity index (χ4n) is 3.16. The van der Waals surface area contributed by atoms with Gasteiger partial charge in [-0.25, -0.2) is 4.98 Å². The molecule has 3 aromatic rings. The second-order valence-electron chi connectivity index (χ2n) is 6.32. The first-order valence-electron chi connectivity index (χ1n) is 8.73. The Kier molecular flexibility index (Phi) is 5.47. The lowest BCUT2D eigenvalue weighted by molar-refractivity contribution is 0.0723. The molecule has 0 saturated heterocycles. The third kappa shape index (κ3) is 3.68. The zero-order valence-electron chi connectivity index (χ0n) is 15.6. The SMILES string of the molecule is CCC(c1ccccn1)N(C)C(=O)c1ccc(-c2sc(C)nc2C)cc1. The van der Waals surface area contributed by atoms with Crippen LogP contribution in [0.1, 0.15) is 46.1 Å². The number of aryl methyl sites for hydroxylation is 2. The molecular weight excluding hydrogens is 342 g/mol. The van der Waals surface area contributed by atoms with E-state index in [0.717, 1.165) is 33.3 Å². The van der Waals surface area contributed by atoms with E-state index in [1.54, 1.807) is 22.4 Å². The molecule has 0 aliphatic carbocycles. The predicted octanol–water partition coefficient (Wildman–Crippen LogP) is 5.05. The number of nitrogens with zero attached hydrogens (tertiary/aromatic N) is 3. The molecule has 1 atom stereocenters. The summed E-state index contributed by atoms with van der Waals surface area (Å²) in [5.41, 5.74) is 3.73. The van der Waals surface area contributed by atoms with Crippen molar-refractivity contribution >= 4 is 17.2 Å². The summed E-state index contributed by atoms with van der Waals surface area (Å²) in [6.07, 6.45) is 2.58. The van der Waals surface area contributed by atoms with E-state index in [1.807, 2.05) is 63.4 Å². The van der Waals surface area contributed by atoms with Gasteiger partial charge in [0.1, 0.15) is 0 Å². The van der Waals surface area contributed by atoms with Gasteiger partial charge < -0.3 is 4.90 Å². The quantitative estimate of drug-likeness (QED) is 0.636. The van der Waals surface area contributed by atoms with Crippen LogP contribution in [-0.2, 0) is 0 Å². The molecule has 2 aromatic heterocycles. The van der Waals surface area contributed by atoms with Gasteiger partial charge in [0.2, 0.25) is 0 Å². The number of thiazole rings is 1. The molecule has 1 amide bonds. The molecule has 0 spiro atoms. The highest BCUT2D eigenvalue weighted by atomic mass is 32.1. The van der Waals surface area contributed by atoms with Gasteiger partial charge in [0.25, 0.3) is 5.91 Å². The van der Waals surface area contributed by atoms with Crippen LogP contribution in [0.25, 0.3) is 10.4 Å². The van der Waals surface area contributed by atoms with Crippen molar-refractivity contribution in [2.24, 2.45) is 0 Å². The second kappa shape index (κ2) is 7.79. The summed E-state index contributed by atoms with van der Waals surface area (Å²) in [5.74, 6) is 0.00580. The summed E-state index contributed by atoms with van der Waals surface area (Å²) in [4.78, 5) is 24.8. The average molecular weight is 366 g/mol. The van der Waals surface area contributed by atoms with Crippen LogP contribution in [0, 0.1) is 13.8 Å². The first kappa shape index (κ1) is 18.3. The normalized spacial score (nSPS) is 12.0. The molecule has 1 unspecified atom stereocenters. The third-order valence-corrected chi connectivity index (χ3v) is 5.62. The van der Waals surface area contributed by atoms with E-state index >= 15 is 0 Å². The van der Waals surface area contributed by atoms with Gasteiger partial charge in [-0.2, -0.15) is 0 Å². The van der Waals surface area contributed by atoms with E-state index in [0.29, 0.717) is 5.56 Å². The minimum absolute atomic E-state index is 0.00580. The number of carbonyl (C=O) groups is 1. The molecule has 5 heteroatoms. The van der Waals surface area contributed by atoms with E-state index in [4.69, 9.17) is 0 Å². The number of hydrogen-bond donors (Lipinski definition) is 0. The highest BCUT2D eigenvalue weighted by Gasteiger charge is 2.22. The average Bonchev–Trinajstić information content (AvgIpc) is 3.01. The highest BCUT2D eigenvalue weighted by molar-refractivity contribution is 7.15. The van der Waals surface area contributed by atoms with Crippen molar-refractivity contribution in [2.75, 3.05) is 7.05 Å². The van der Waals surface area contributed by atoms with Crippen molar-refractivity contribution in [3.63, 3.8) is 0 Å². The molecule has 0 fully saturated rings. The van der Waals surface area contributed by atoms with Crippen LogP contribution in [0.4, 0.5) is 0 Å². The van der Waals surface area contributed by atoms with Crippen LogP contribution >= 0.6 is 11.3 Å². The number of amides is 1. The number of aromatic nitrogens is 2. The molecule has 134 valence electrons. The van der Waals surface area contributed by atoms with Gasteiger partial charge in [0.15, 0.2) is 0 Å². The number of pyridine rings is 1. The standard InChI is InChI=1S/C21H23N3OS/c1-5-19(18-8-6-7-13-22-18)24(4)21(25)17-11-9-16(10-12-17)20-14(2)23-15(3)26-20/h6-13,19H,5H2,1-4H3. The van der Waals surface area contributed by atoms with Crippen molar-refractivity contribution in [3.8, 4) is 10.4 Å². The van der Waals surface area contributed by atoms with Crippen molar-refractivity contribution in [3.05, 3.63) is 70.6 Å². The smallest absolute Gasteiger partial charge is 0.254 e. The highest BCUT2D eigenvalue weighted by Crippen LogP contribution is 2.30. The maximum absolute atomic E-state index is 12.9. The Morgan fingerprint density at radius 1 is 1.15 bits per heavy atom. The monoisotopic (exact) mass is 365 g/mol. The Labute approximate surface area is 158 Å². The molecular formula is C21H23N3OS. The minimum Gasteiger partial charge on any atom is -0.333 e. The second-order valence-corrected chi connectivity index (χ2v) is 7.52. The summed E-state index contributed by atoms with van der Waals surface area (Å²) < 4.78 is 0. The van der Waals surface area contributed by atoms with Gasteiger partial charge in [0, 0.05) is 18.8 Å². The lowest BCUT2D eigenvalue weighted by atomic mass is 10.1. The number of carbonyl (C=O) groups excluding carboxylic acids is 1. The molecule has 0 aliphatic heterocycles. The molecule has 3 rings (SSSR count). The van der Waals surface area contributed by atoms with Crippen LogP contribution in [0.5, 0.6) is 0 Å². The lowest BCUT2D eigenvalue weighted by Crippen LogP contribution is -2.31. The number of rotatable bonds is 5. The Hall–Kier alpha value is -2.53. The van der Waals surface area contributed by atoms with Crippen molar-refractivity contribution in [1.29, 1.82) is 0 Å². The first-order chi connectivity index (χ1) is 12.5. The summed E-state index contributed by atoms with van der Waals surface area (Å²) in [6.45, 7) is 6.10. The van der Waals surface area contributed by atoms with Crippen molar-refractivity contribution in [2.45, 2.75) is 33.2 Å². The summed E-state index contributed by atoms with van der Waals surface area (Å²) in [6, 6.07) is 13.6. The fourth-order valence-corrected chi connectivity index (χ4v) is 4.09. The zero-order chi connectivity index (χ0) is 18.7. The molecule has 4 nitrogen and oxygen atoms in total. The molecule has 0 saturated carbocycles. The molecule has 0 radical (unpaired) electrons. The van der Waals surface area contributed by atoms with Gasteiger partial charge >= 0.3 is 0 Å². The predicted molar refractivity (Wildman–Crippen MR) is 106 cm³/mol. The van der Waals surface area contributed by atoms with Gasteiger partial charge in [-0.3, -0.25) is 9.78 Å². The molecule has 0 aliphatic rings. The van der Waals surface area contributed by atoms with Gasteiger partial charge in [-0.1, -0.05) is 25.1 Å². The van der Waals surface area contributed by atoms with Gasteiger partial charge in [0.05, 0.1) is 27.3 Å². The number of benzene rings is 1. The minimum atomic E-state index is -0.0326. The topological polar surface area (TPSA) is 46.1 Å². The van der Waals surface area contributed by atoms with Crippen LogP contribution in [-0.4, -0.2) is 27.8 Å². The molecule has 0 bridgehead atoms. The Balaban J connectivity index is 1.82. The van der Waals surface area contributed by atoms with E-state index < -0.39 is 0 Å². The Bertz CT molecular complexity index is 887. The third-order valence-electron chi connectivity index (χ3n) is 4.50. The van der Waals surface area contributed by atoms with Gasteiger partial charge in [-0.05, 0) is 50.1 Å². The molecule has 2 heterocycles. The van der Waals surface area contributed by atoms with E-state index in [-0.39, 0.29) is 11.9 Å². The maximum Gasteiger partial charge on any atom is 0.254 e. The number of hydrogen-bond acceptors (Lipinski definition) is 4. The Morgan fingerprint density at radius 3 is 2.42 bits per heavy atom.